The SMILES string of the molecule is Oc1ccc(C2CCC(C3CCC(C4CC=CC4)CC3)OC2)c(F)c1F. The molecule has 26 heavy (non-hydrogen) atoms. The fraction of sp³-hybridized carbons (Fsp3) is 0.636. The molecule has 1 aromatic carbocycles. The van der Waals surface area contributed by atoms with Crippen LogP contribution in [0.3, 0.4) is 0 Å². The molecule has 1 heterocycles. The fourth-order valence-electron chi connectivity index (χ4n) is 5.27. The molecule has 3 aliphatic rings. The van der Waals surface area contributed by atoms with Gasteiger partial charge in [0.05, 0.1) is 12.7 Å². The topological polar surface area (TPSA) is 29.5 Å². The summed E-state index contributed by atoms with van der Waals surface area (Å²) in [5.41, 5.74) is 0.330. The zero-order chi connectivity index (χ0) is 18.1. The molecule has 1 saturated carbocycles. The summed E-state index contributed by atoms with van der Waals surface area (Å²) in [4.78, 5) is 0. The molecule has 4 rings (SSSR count). The van der Waals surface area contributed by atoms with Gasteiger partial charge in [-0.2, -0.15) is 4.39 Å². The van der Waals surface area contributed by atoms with Crippen LogP contribution in [0.25, 0.3) is 0 Å². The molecule has 0 aromatic heterocycles. The standard InChI is InChI=1S/C22H28F2O2/c23-21-18(10-11-19(25)22(21)24)17-9-12-20(26-13-17)16-7-5-15(6-8-16)14-3-1-2-4-14/h1-2,10-11,14-17,20,25H,3-9,12-13H2. The fourth-order valence-corrected chi connectivity index (χ4v) is 5.27. The maximum atomic E-state index is 14.1. The molecule has 1 saturated heterocycles. The lowest BCUT2D eigenvalue weighted by molar-refractivity contribution is -0.0457. The summed E-state index contributed by atoms with van der Waals surface area (Å²) in [5.74, 6) is -0.487. The first kappa shape index (κ1) is 18.0. The Morgan fingerprint density at radius 2 is 1.50 bits per heavy atom. The maximum absolute atomic E-state index is 14.1. The quantitative estimate of drug-likeness (QED) is 0.698. The van der Waals surface area contributed by atoms with Crippen LogP contribution >= 0.6 is 0 Å². The van der Waals surface area contributed by atoms with Crippen molar-refractivity contribution in [3.8, 4) is 5.75 Å². The van der Waals surface area contributed by atoms with E-state index >= 15 is 0 Å². The van der Waals surface area contributed by atoms with Gasteiger partial charge in [0, 0.05) is 5.92 Å². The Labute approximate surface area is 154 Å². The maximum Gasteiger partial charge on any atom is 0.200 e. The highest BCUT2D eigenvalue weighted by Crippen LogP contribution is 2.42. The Morgan fingerprint density at radius 3 is 2.15 bits per heavy atom. The van der Waals surface area contributed by atoms with Gasteiger partial charge in [0.25, 0.3) is 0 Å². The summed E-state index contributed by atoms with van der Waals surface area (Å²) in [6.45, 7) is 0.443. The smallest absolute Gasteiger partial charge is 0.200 e. The molecule has 2 atom stereocenters. The molecule has 0 spiro atoms. The van der Waals surface area contributed by atoms with Crippen LogP contribution in [-0.2, 0) is 4.74 Å². The minimum Gasteiger partial charge on any atom is -0.505 e. The molecule has 2 aliphatic carbocycles. The largest absolute Gasteiger partial charge is 0.505 e. The first-order chi connectivity index (χ1) is 12.6. The van der Waals surface area contributed by atoms with Gasteiger partial charge in [-0.1, -0.05) is 18.2 Å². The van der Waals surface area contributed by atoms with Crippen molar-refractivity contribution in [1.82, 2.24) is 0 Å². The molecule has 0 radical (unpaired) electrons. The van der Waals surface area contributed by atoms with Crippen molar-refractivity contribution < 1.29 is 18.6 Å². The summed E-state index contributed by atoms with van der Waals surface area (Å²) in [6.07, 6.45) is 14.2. The van der Waals surface area contributed by atoms with Crippen molar-refractivity contribution in [3.63, 3.8) is 0 Å². The number of benzene rings is 1. The molecule has 0 bridgehead atoms. The van der Waals surface area contributed by atoms with E-state index in [9.17, 15) is 13.9 Å². The Hall–Kier alpha value is -1.42. The molecule has 1 N–H and O–H groups in total. The van der Waals surface area contributed by atoms with Gasteiger partial charge in [-0.15, -0.1) is 0 Å². The molecule has 4 heteroatoms. The van der Waals surface area contributed by atoms with Crippen LogP contribution in [0.4, 0.5) is 8.78 Å². The Bertz CT molecular complexity index is 648. The van der Waals surface area contributed by atoms with E-state index < -0.39 is 17.4 Å². The number of hydrogen-bond acceptors (Lipinski definition) is 2. The molecule has 2 nitrogen and oxygen atoms in total. The third kappa shape index (κ3) is 3.53. The average Bonchev–Trinajstić information content (AvgIpc) is 3.22. The lowest BCUT2D eigenvalue weighted by Gasteiger charge is -2.39. The number of aromatic hydroxyl groups is 1. The number of allylic oxidation sites excluding steroid dienone is 2. The highest BCUT2D eigenvalue weighted by atomic mass is 19.2. The number of phenols is 1. The number of hydrogen-bond donors (Lipinski definition) is 1. The first-order valence-electron chi connectivity index (χ1n) is 10.1. The normalized spacial score (nSPS) is 32.8. The van der Waals surface area contributed by atoms with E-state index in [1.54, 1.807) is 0 Å². The van der Waals surface area contributed by atoms with Crippen molar-refractivity contribution in [1.29, 1.82) is 0 Å². The number of rotatable bonds is 3. The second-order valence-corrected chi connectivity index (χ2v) is 8.33. The van der Waals surface area contributed by atoms with Crippen LogP contribution in [0.1, 0.15) is 62.8 Å². The van der Waals surface area contributed by atoms with Crippen LogP contribution < -0.4 is 0 Å². The van der Waals surface area contributed by atoms with Gasteiger partial charge < -0.3 is 9.84 Å². The third-order valence-corrected chi connectivity index (χ3v) is 6.90. The number of phenolic OH excluding ortho intramolecular Hbond substituents is 1. The summed E-state index contributed by atoms with van der Waals surface area (Å²) < 4.78 is 33.8. The van der Waals surface area contributed by atoms with Gasteiger partial charge >= 0.3 is 0 Å². The van der Waals surface area contributed by atoms with E-state index in [1.807, 2.05) is 0 Å². The number of halogens is 2. The molecular weight excluding hydrogens is 334 g/mol. The highest BCUT2D eigenvalue weighted by Gasteiger charge is 2.35. The van der Waals surface area contributed by atoms with Gasteiger partial charge in [0.2, 0.25) is 5.82 Å². The average molecular weight is 362 g/mol. The Balaban J connectivity index is 1.30. The summed E-state index contributed by atoms with van der Waals surface area (Å²) >= 11 is 0. The van der Waals surface area contributed by atoms with Gasteiger partial charge in [-0.3, -0.25) is 0 Å². The minimum absolute atomic E-state index is 0.123. The molecule has 1 aliphatic heterocycles. The Morgan fingerprint density at radius 1 is 0.808 bits per heavy atom. The molecule has 2 fully saturated rings. The molecule has 2 unspecified atom stereocenters. The second kappa shape index (κ2) is 7.67. The van der Waals surface area contributed by atoms with Crippen LogP contribution in [0.2, 0.25) is 0 Å². The first-order valence-corrected chi connectivity index (χ1v) is 10.1. The zero-order valence-corrected chi connectivity index (χ0v) is 15.2. The van der Waals surface area contributed by atoms with E-state index in [0.717, 1.165) is 24.7 Å². The van der Waals surface area contributed by atoms with Crippen LogP contribution in [0, 0.1) is 29.4 Å². The van der Waals surface area contributed by atoms with Crippen molar-refractivity contribution in [2.75, 3.05) is 6.61 Å². The Kier molecular flexibility index (Phi) is 5.30. The predicted octanol–water partition coefficient (Wildman–Crippen LogP) is 5.71. The van der Waals surface area contributed by atoms with Crippen LogP contribution in [0.5, 0.6) is 5.75 Å². The van der Waals surface area contributed by atoms with Crippen molar-refractivity contribution in [2.24, 2.45) is 17.8 Å². The van der Waals surface area contributed by atoms with Gasteiger partial charge in [0.1, 0.15) is 0 Å². The molecular formula is C22H28F2O2. The monoisotopic (exact) mass is 362 g/mol. The van der Waals surface area contributed by atoms with Gasteiger partial charge in [-0.25, -0.2) is 4.39 Å². The predicted molar refractivity (Wildman–Crippen MR) is 97.0 cm³/mol. The third-order valence-electron chi connectivity index (χ3n) is 6.90. The second-order valence-electron chi connectivity index (χ2n) is 8.33. The molecule has 142 valence electrons. The lowest BCUT2D eigenvalue weighted by Crippen LogP contribution is -2.34. The van der Waals surface area contributed by atoms with E-state index in [0.29, 0.717) is 18.1 Å². The number of ether oxygens (including phenoxy) is 1. The van der Waals surface area contributed by atoms with Gasteiger partial charge in [0.15, 0.2) is 11.6 Å². The summed E-state index contributed by atoms with van der Waals surface area (Å²) in [7, 11) is 0. The zero-order valence-electron chi connectivity index (χ0n) is 15.2. The van der Waals surface area contributed by atoms with Crippen molar-refractivity contribution in [2.45, 2.75) is 63.4 Å². The summed E-state index contributed by atoms with van der Waals surface area (Å²) in [5, 5.41) is 9.28. The minimum atomic E-state index is -1.15. The van der Waals surface area contributed by atoms with Gasteiger partial charge in [-0.05, 0) is 80.8 Å². The molecule has 1 aromatic rings. The van der Waals surface area contributed by atoms with Crippen LogP contribution in [0.15, 0.2) is 24.3 Å². The molecule has 0 amide bonds. The van der Waals surface area contributed by atoms with Crippen molar-refractivity contribution in [3.05, 3.63) is 41.5 Å². The van der Waals surface area contributed by atoms with Crippen molar-refractivity contribution >= 4 is 0 Å². The van der Waals surface area contributed by atoms with E-state index in [4.69, 9.17) is 4.74 Å². The van der Waals surface area contributed by atoms with Crippen LogP contribution in [-0.4, -0.2) is 17.8 Å². The van der Waals surface area contributed by atoms with E-state index in [1.165, 1.54) is 50.7 Å². The highest BCUT2D eigenvalue weighted by molar-refractivity contribution is 5.32. The lowest BCUT2D eigenvalue weighted by atomic mass is 9.72. The van der Waals surface area contributed by atoms with E-state index in [2.05, 4.69) is 12.2 Å². The van der Waals surface area contributed by atoms with E-state index in [-0.39, 0.29) is 12.0 Å². The summed E-state index contributed by atoms with van der Waals surface area (Å²) in [6, 6.07) is 2.72.